The number of carbonyl (C=O) groups is 1. The number of aliphatic hydroxyl groups excluding tert-OH is 1. The van der Waals surface area contributed by atoms with E-state index >= 15 is 0 Å². The third-order valence-electron chi connectivity index (χ3n) is 3.27. The molecule has 0 unspecified atom stereocenters. The summed E-state index contributed by atoms with van der Waals surface area (Å²) in [7, 11) is 0. The van der Waals surface area contributed by atoms with Crippen LogP contribution in [0, 0.1) is 11.8 Å². The Labute approximate surface area is 107 Å². The van der Waals surface area contributed by atoms with Crippen LogP contribution in [0.2, 0.25) is 0 Å². The Morgan fingerprint density at radius 2 is 1.65 bits per heavy atom. The van der Waals surface area contributed by atoms with E-state index in [9.17, 15) is 9.90 Å². The molecule has 0 aromatic rings. The second-order valence-electron chi connectivity index (χ2n) is 5.55. The lowest BCUT2D eigenvalue weighted by molar-refractivity contribution is -0.114. The average Bonchev–Trinajstić information content (AvgIpc) is 2.27. The third-order valence-corrected chi connectivity index (χ3v) is 3.27. The van der Waals surface area contributed by atoms with Crippen LogP contribution in [0.4, 0.5) is 0 Å². The second-order valence-corrected chi connectivity index (χ2v) is 5.55. The van der Waals surface area contributed by atoms with Crippen molar-refractivity contribution in [3.8, 4) is 0 Å². The van der Waals surface area contributed by atoms with E-state index in [4.69, 9.17) is 0 Å². The Kier molecular flexibility index (Phi) is 10.5. The van der Waals surface area contributed by atoms with Crippen LogP contribution >= 0.6 is 0 Å². The molecule has 0 saturated heterocycles. The summed E-state index contributed by atoms with van der Waals surface area (Å²) in [5, 5.41) is 9.89. The zero-order valence-electron chi connectivity index (χ0n) is 11.8. The highest BCUT2D eigenvalue weighted by Gasteiger charge is 2.18. The van der Waals surface area contributed by atoms with Crippen molar-refractivity contribution in [1.82, 2.24) is 0 Å². The lowest BCUT2D eigenvalue weighted by Crippen LogP contribution is -2.23. The van der Waals surface area contributed by atoms with Crippen molar-refractivity contribution in [2.45, 2.75) is 78.2 Å². The van der Waals surface area contributed by atoms with E-state index in [0.29, 0.717) is 5.92 Å². The number of hydrogen-bond acceptors (Lipinski definition) is 2. The Hall–Kier alpha value is -0.370. The van der Waals surface area contributed by atoms with Gasteiger partial charge in [0.05, 0.1) is 6.10 Å². The molecule has 0 rings (SSSR count). The maximum absolute atomic E-state index is 10.9. The summed E-state index contributed by atoms with van der Waals surface area (Å²) in [5.74, 6) is 0.306. The number of rotatable bonds is 11. The maximum Gasteiger partial charge on any atom is 0.125 e. The SMILES string of the molecule is CCCCCCCC[C@@H](C=O)[C@@H](O)CC(C)C. The molecular weight excluding hydrogens is 212 g/mol. The predicted molar refractivity (Wildman–Crippen MR) is 73.0 cm³/mol. The van der Waals surface area contributed by atoms with Gasteiger partial charge >= 0.3 is 0 Å². The molecule has 2 nitrogen and oxygen atoms in total. The van der Waals surface area contributed by atoms with Crippen molar-refractivity contribution in [3.63, 3.8) is 0 Å². The molecule has 0 aliphatic carbocycles. The minimum Gasteiger partial charge on any atom is -0.392 e. The summed E-state index contributed by atoms with van der Waals surface area (Å²) in [6.07, 6.45) is 9.50. The molecule has 0 aliphatic rings. The molecule has 0 saturated carbocycles. The molecule has 0 aliphatic heterocycles. The van der Waals surface area contributed by atoms with Gasteiger partial charge in [-0.15, -0.1) is 0 Å². The Bertz CT molecular complexity index is 178. The summed E-state index contributed by atoms with van der Waals surface area (Å²) in [4.78, 5) is 10.9. The smallest absolute Gasteiger partial charge is 0.125 e. The summed E-state index contributed by atoms with van der Waals surface area (Å²) < 4.78 is 0. The molecule has 0 bridgehead atoms. The lowest BCUT2D eigenvalue weighted by Gasteiger charge is -2.19. The van der Waals surface area contributed by atoms with E-state index in [-0.39, 0.29) is 5.92 Å². The van der Waals surface area contributed by atoms with Gasteiger partial charge in [0.2, 0.25) is 0 Å². The van der Waals surface area contributed by atoms with Gasteiger partial charge in [0.25, 0.3) is 0 Å². The Balaban J connectivity index is 3.63. The molecule has 0 spiro atoms. The predicted octanol–water partition coefficient (Wildman–Crippen LogP) is 3.96. The van der Waals surface area contributed by atoms with Crippen LogP contribution in [0.25, 0.3) is 0 Å². The van der Waals surface area contributed by atoms with Crippen molar-refractivity contribution in [3.05, 3.63) is 0 Å². The molecule has 0 heterocycles. The summed E-state index contributed by atoms with van der Waals surface area (Å²) in [6.45, 7) is 6.37. The van der Waals surface area contributed by atoms with Crippen molar-refractivity contribution < 1.29 is 9.90 Å². The van der Waals surface area contributed by atoms with Gasteiger partial charge in [-0.3, -0.25) is 0 Å². The van der Waals surface area contributed by atoms with Gasteiger partial charge in [0.15, 0.2) is 0 Å². The minimum absolute atomic E-state index is 0.149. The fraction of sp³-hybridized carbons (Fsp3) is 0.933. The van der Waals surface area contributed by atoms with Crippen LogP contribution < -0.4 is 0 Å². The van der Waals surface area contributed by atoms with Gasteiger partial charge in [0.1, 0.15) is 6.29 Å². The fourth-order valence-electron chi connectivity index (χ4n) is 2.17. The van der Waals surface area contributed by atoms with E-state index in [0.717, 1.165) is 25.5 Å². The first-order valence-corrected chi connectivity index (χ1v) is 7.25. The topological polar surface area (TPSA) is 37.3 Å². The highest BCUT2D eigenvalue weighted by Crippen LogP contribution is 2.18. The van der Waals surface area contributed by atoms with Crippen LogP contribution in [-0.4, -0.2) is 17.5 Å². The van der Waals surface area contributed by atoms with Gasteiger partial charge in [0, 0.05) is 5.92 Å². The Morgan fingerprint density at radius 1 is 1.06 bits per heavy atom. The fourth-order valence-corrected chi connectivity index (χ4v) is 2.17. The van der Waals surface area contributed by atoms with Crippen molar-refractivity contribution >= 4 is 6.29 Å². The van der Waals surface area contributed by atoms with Gasteiger partial charge < -0.3 is 9.90 Å². The summed E-state index contributed by atoms with van der Waals surface area (Å²) >= 11 is 0. The average molecular weight is 242 g/mol. The third kappa shape index (κ3) is 9.34. The molecule has 102 valence electrons. The molecular formula is C15H30O2. The first-order valence-electron chi connectivity index (χ1n) is 7.25. The number of aliphatic hydroxyl groups is 1. The first-order chi connectivity index (χ1) is 8.11. The van der Waals surface area contributed by atoms with Crippen molar-refractivity contribution in [1.29, 1.82) is 0 Å². The summed E-state index contributed by atoms with van der Waals surface area (Å²) in [6, 6.07) is 0. The van der Waals surface area contributed by atoms with E-state index in [1.807, 2.05) is 0 Å². The van der Waals surface area contributed by atoms with E-state index in [1.165, 1.54) is 32.1 Å². The Morgan fingerprint density at radius 3 is 2.18 bits per heavy atom. The zero-order valence-corrected chi connectivity index (χ0v) is 11.8. The molecule has 2 atom stereocenters. The highest BCUT2D eigenvalue weighted by molar-refractivity contribution is 5.54. The maximum atomic E-state index is 10.9. The summed E-state index contributed by atoms with van der Waals surface area (Å²) in [5.41, 5.74) is 0. The van der Waals surface area contributed by atoms with Gasteiger partial charge in [-0.2, -0.15) is 0 Å². The quantitative estimate of drug-likeness (QED) is 0.440. The second kappa shape index (κ2) is 10.8. The molecule has 0 aromatic heterocycles. The highest BCUT2D eigenvalue weighted by atomic mass is 16.3. The minimum atomic E-state index is -0.442. The molecule has 0 amide bonds. The van der Waals surface area contributed by atoms with Crippen LogP contribution in [0.5, 0.6) is 0 Å². The van der Waals surface area contributed by atoms with E-state index in [2.05, 4.69) is 20.8 Å². The van der Waals surface area contributed by atoms with Crippen molar-refractivity contribution in [2.75, 3.05) is 0 Å². The number of hydrogen-bond donors (Lipinski definition) is 1. The van der Waals surface area contributed by atoms with Crippen molar-refractivity contribution in [2.24, 2.45) is 11.8 Å². The van der Waals surface area contributed by atoms with Gasteiger partial charge in [-0.25, -0.2) is 0 Å². The molecule has 0 aromatic carbocycles. The molecule has 0 radical (unpaired) electrons. The molecule has 17 heavy (non-hydrogen) atoms. The normalized spacial score (nSPS) is 14.9. The van der Waals surface area contributed by atoms with Gasteiger partial charge in [-0.05, 0) is 18.8 Å². The lowest BCUT2D eigenvalue weighted by atomic mass is 9.91. The number of aldehydes is 1. The number of unbranched alkanes of at least 4 members (excludes halogenated alkanes) is 5. The monoisotopic (exact) mass is 242 g/mol. The van der Waals surface area contributed by atoms with Crippen LogP contribution in [0.15, 0.2) is 0 Å². The molecule has 0 fully saturated rings. The molecule has 1 N–H and O–H groups in total. The first kappa shape index (κ1) is 16.6. The van der Waals surface area contributed by atoms with Crippen LogP contribution in [0.3, 0.4) is 0 Å². The standard InChI is InChI=1S/C15H30O2/c1-4-5-6-7-8-9-10-14(12-16)15(17)11-13(2)3/h12-15,17H,4-11H2,1-3H3/t14-,15-/m0/s1. The number of carbonyl (C=O) groups excluding carboxylic acids is 1. The van der Waals surface area contributed by atoms with Crippen LogP contribution in [0.1, 0.15) is 72.1 Å². The van der Waals surface area contributed by atoms with Gasteiger partial charge in [-0.1, -0.05) is 59.3 Å². The molecule has 2 heteroatoms. The zero-order chi connectivity index (χ0) is 13.1. The largest absolute Gasteiger partial charge is 0.392 e. The van der Waals surface area contributed by atoms with E-state index < -0.39 is 6.10 Å². The van der Waals surface area contributed by atoms with Crippen LogP contribution in [-0.2, 0) is 4.79 Å². The van der Waals surface area contributed by atoms with E-state index in [1.54, 1.807) is 0 Å².